The molecule has 1 unspecified atom stereocenters. The fraction of sp³-hybridized carbons (Fsp3) is 0.750. The van der Waals surface area contributed by atoms with Gasteiger partial charge in [0.1, 0.15) is 6.10 Å². The van der Waals surface area contributed by atoms with Gasteiger partial charge in [0.25, 0.3) is 0 Å². The molecule has 1 aromatic rings. The van der Waals surface area contributed by atoms with Crippen molar-refractivity contribution in [1.29, 1.82) is 0 Å². The van der Waals surface area contributed by atoms with Gasteiger partial charge in [-0.25, -0.2) is 4.68 Å². The van der Waals surface area contributed by atoms with Gasteiger partial charge < -0.3 is 9.16 Å². The topological polar surface area (TPSA) is 36.3 Å². The Bertz CT molecular complexity index is 375. The zero-order chi connectivity index (χ0) is 12.7. The first kappa shape index (κ1) is 12.6. The summed E-state index contributed by atoms with van der Waals surface area (Å²) in [6.45, 7) is 12.7. The molecule has 0 fully saturated rings. The number of rotatable bonds is 3. The van der Waals surface area contributed by atoms with Crippen LogP contribution in [0.3, 0.4) is 0 Å². The number of hydrogen-bond donors (Lipinski definition) is 0. The van der Waals surface area contributed by atoms with Crippen molar-refractivity contribution in [3.63, 3.8) is 0 Å². The van der Waals surface area contributed by atoms with Gasteiger partial charge in [-0.15, -0.1) is 0 Å². The van der Waals surface area contributed by atoms with Crippen molar-refractivity contribution in [1.82, 2.24) is 9.78 Å². The van der Waals surface area contributed by atoms with E-state index in [0.29, 0.717) is 6.61 Å². The number of nitrogens with zero attached hydrogens (tertiary/aromatic N) is 2. The predicted octanol–water partition coefficient (Wildman–Crippen LogP) is 2.67. The molecule has 0 spiro atoms. The lowest BCUT2D eigenvalue weighted by atomic mass is 10.2. The van der Waals surface area contributed by atoms with Crippen molar-refractivity contribution in [2.24, 2.45) is 0 Å². The summed E-state index contributed by atoms with van der Waals surface area (Å²) in [5.74, 6) is 0.855. The Hall–Kier alpha value is -0.813. The molecule has 0 radical (unpaired) electrons. The van der Waals surface area contributed by atoms with Gasteiger partial charge in [0.05, 0.1) is 19.3 Å². The third kappa shape index (κ3) is 2.55. The highest BCUT2D eigenvalue weighted by atomic mass is 28.4. The average Bonchev–Trinajstić information content (AvgIpc) is 2.71. The van der Waals surface area contributed by atoms with Crippen LogP contribution in [-0.4, -0.2) is 30.8 Å². The second kappa shape index (κ2) is 4.14. The molecule has 1 aliphatic rings. The molecule has 1 aliphatic heterocycles. The highest BCUT2D eigenvalue weighted by molar-refractivity contribution is 6.74. The molecule has 0 aromatic carbocycles. The van der Waals surface area contributed by atoms with Crippen LogP contribution in [0, 0.1) is 0 Å². The Morgan fingerprint density at radius 3 is 2.82 bits per heavy atom. The van der Waals surface area contributed by atoms with E-state index in [2.05, 4.69) is 39.0 Å². The molecule has 0 bridgehead atoms. The maximum absolute atomic E-state index is 6.15. The highest BCUT2D eigenvalue weighted by Crippen LogP contribution is 2.36. The van der Waals surface area contributed by atoms with Gasteiger partial charge in [-0.2, -0.15) is 5.10 Å². The van der Waals surface area contributed by atoms with Crippen molar-refractivity contribution in [2.75, 3.05) is 6.61 Å². The van der Waals surface area contributed by atoms with E-state index in [4.69, 9.17) is 9.16 Å². The zero-order valence-electron chi connectivity index (χ0n) is 11.4. The van der Waals surface area contributed by atoms with Gasteiger partial charge in [0.15, 0.2) is 8.32 Å². The Morgan fingerprint density at radius 1 is 1.53 bits per heavy atom. The molecule has 0 aliphatic carbocycles. The first-order valence-electron chi connectivity index (χ1n) is 6.12. The SMILES string of the molecule is CC(C)(C)[Si](C)(C)OCC1Cn2nccc2O1. The van der Waals surface area contributed by atoms with Crippen LogP contribution in [0.1, 0.15) is 20.8 Å². The molecule has 1 atom stereocenters. The van der Waals surface area contributed by atoms with Crippen molar-refractivity contribution in [3.05, 3.63) is 12.3 Å². The molecule has 2 heterocycles. The minimum Gasteiger partial charge on any atom is -0.470 e. The van der Waals surface area contributed by atoms with Crippen LogP contribution in [0.5, 0.6) is 5.88 Å². The molecule has 2 rings (SSSR count). The van der Waals surface area contributed by atoms with Crippen molar-refractivity contribution in [3.8, 4) is 5.88 Å². The summed E-state index contributed by atoms with van der Waals surface area (Å²) in [7, 11) is -1.67. The molecule has 17 heavy (non-hydrogen) atoms. The standard InChI is InChI=1S/C12H22N2O2Si/c1-12(2,3)17(4,5)15-9-10-8-14-11(16-10)6-7-13-14/h6-7,10H,8-9H2,1-5H3. The largest absolute Gasteiger partial charge is 0.470 e. The van der Waals surface area contributed by atoms with E-state index in [9.17, 15) is 0 Å². The van der Waals surface area contributed by atoms with Gasteiger partial charge in [0.2, 0.25) is 5.88 Å². The maximum atomic E-state index is 6.15. The number of aromatic nitrogens is 2. The number of fused-ring (bicyclic) bond motifs is 1. The minimum atomic E-state index is -1.67. The smallest absolute Gasteiger partial charge is 0.212 e. The summed E-state index contributed by atoms with van der Waals surface area (Å²) in [6, 6.07) is 1.90. The molecular weight excluding hydrogens is 232 g/mol. The maximum Gasteiger partial charge on any atom is 0.212 e. The summed E-state index contributed by atoms with van der Waals surface area (Å²) >= 11 is 0. The first-order chi connectivity index (χ1) is 7.79. The van der Waals surface area contributed by atoms with E-state index >= 15 is 0 Å². The Kier molecular flexibility index (Phi) is 3.07. The lowest BCUT2D eigenvalue weighted by molar-refractivity contribution is 0.137. The molecule has 0 amide bonds. The first-order valence-corrected chi connectivity index (χ1v) is 9.03. The van der Waals surface area contributed by atoms with Crippen LogP contribution in [0.2, 0.25) is 18.1 Å². The molecule has 0 N–H and O–H groups in total. The summed E-state index contributed by atoms with van der Waals surface area (Å²) in [5.41, 5.74) is 0. The summed E-state index contributed by atoms with van der Waals surface area (Å²) in [5, 5.41) is 4.44. The lowest BCUT2D eigenvalue weighted by Gasteiger charge is -2.36. The second-order valence-corrected chi connectivity index (χ2v) is 11.0. The van der Waals surface area contributed by atoms with Crippen molar-refractivity contribution >= 4 is 8.32 Å². The van der Waals surface area contributed by atoms with Crippen LogP contribution in [0.4, 0.5) is 0 Å². The van der Waals surface area contributed by atoms with Gasteiger partial charge in [-0.05, 0) is 18.1 Å². The van der Waals surface area contributed by atoms with Gasteiger partial charge >= 0.3 is 0 Å². The Morgan fingerprint density at radius 2 is 2.24 bits per heavy atom. The summed E-state index contributed by atoms with van der Waals surface area (Å²) in [4.78, 5) is 0. The molecular formula is C12H22N2O2Si. The molecule has 0 saturated carbocycles. The fourth-order valence-electron chi connectivity index (χ4n) is 1.56. The quantitative estimate of drug-likeness (QED) is 0.778. The van der Waals surface area contributed by atoms with E-state index in [1.54, 1.807) is 6.20 Å². The van der Waals surface area contributed by atoms with Crippen LogP contribution >= 0.6 is 0 Å². The van der Waals surface area contributed by atoms with E-state index in [1.165, 1.54) is 0 Å². The summed E-state index contributed by atoms with van der Waals surface area (Å²) < 4.78 is 13.8. The highest BCUT2D eigenvalue weighted by Gasteiger charge is 2.38. The molecule has 0 saturated heterocycles. The van der Waals surface area contributed by atoms with E-state index in [-0.39, 0.29) is 11.1 Å². The zero-order valence-corrected chi connectivity index (χ0v) is 12.4. The van der Waals surface area contributed by atoms with Gasteiger partial charge in [-0.1, -0.05) is 20.8 Å². The monoisotopic (exact) mass is 254 g/mol. The van der Waals surface area contributed by atoms with E-state index < -0.39 is 8.32 Å². The van der Waals surface area contributed by atoms with Crippen LogP contribution in [0.25, 0.3) is 0 Å². The fourth-order valence-corrected chi connectivity index (χ4v) is 2.60. The molecule has 1 aromatic heterocycles. The average molecular weight is 254 g/mol. The lowest BCUT2D eigenvalue weighted by Crippen LogP contribution is -2.43. The van der Waals surface area contributed by atoms with E-state index in [0.717, 1.165) is 12.4 Å². The Labute approximate surface area is 104 Å². The third-order valence-corrected chi connectivity index (χ3v) is 8.28. The number of ether oxygens (including phenoxy) is 1. The number of hydrogen-bond acceptors (Lipinski definition) is 3. The minimum absolute atomic E-state index is 0.118. The van der Waals surface area contributed by atoms with Crippen molar-refractivity contribution in [2.45, 2.75) is 51.6 Å². The van der Waals surface area contributed by atoms with Crippen LogP contribution in [-0.2, 0) is 11.0 Å². The van der Waals surface area contributed by atoms with Gasteiger partial charge in [0, 0.05) is 6.07 Å². The third-order valence-electron chi connectivity index (χ3n) is 3.78. The van der Waals surface area contributed by atoms with E-state index in [1.807, 2.05) is 10.7 Å². The summed E-state index contributed by atoms with van der Waals surface area (Å²) in [6.07, 6.45) is 1.88. The van der Waals surface area contributed by atoms with Crippen molar-refractivity contribution < 1.29 is 9.16 Å². The van der Waals surface area contributed by atoms with Crippen LogP contribution in [0.15, 0.2) is 12.3 Å². The molecule has 4 nitrogen and oxygen atoms in total. The predicted molar refractivity (Wildman–Crippen MR) is 69.8 cm³/mol. The van der Waals surface area contributed by atoms with Gasteiger partial charge in [-0.3, -0.25) is 0 Å². The normalized spacial score (nSPS) is 20.2. The molecule has 96 valence electrons. The molecule has 5 heteroatoms. The van der Waals surface area contributed by atoms with Crippen LogP contribution < -0.4 is 4.74 Å². The second-order valence-electron chi connectivity index (χ2n) is 6.16. The Balaban J connectivity index is 1.87.